The first-order valence-electron chi connectivity index (χ1n) is 2.22. The molecule has 0 aromatic heterocycles. The first-order chi connectivity index (χ1) is 3.72. The molecule has 0 saturated carbocycles. The van der Waals surface area contributed by atoms with E-state index in [1.165, 1.54) is 5.06 Å². The van der Waals surface area contributed by atoms with E-state index in [-0.39, 0.29) is 0 Å². The fraction of sp³-hybridized carbons (Fsp3) is 0.750. The van der Waals surface area contributed by atoms with Crippen LogP contribution in [0, 0.1) is 0 Å². The summed E-state index contributed by atoms with van der Waals surface area (Å²) >= 11 is 4.77. The molecule has 0 aromatic carbocycles. The summed E-state index contributed by atoms with van der Waals surface area (Å²) in [6.45, 7) is 0. The zero-order valence-corrected chi connectivity index (χ0v) is 6.08. The Morgan fingerprint density at radius 2 is 2.25 bits per heavy atom. The van der Waals surface area contributed by atoms with Crippen molar-refractivity contribution >= 4 is 17.3 Å². The molecule has 0 unspecified atom stereocenters. The minimum absolute atomic E-state index is 0.576. The molecule has 4 heteroatoms. The predicted molar refractivity (Wildman–Crippen MR) is 36.4 cm³/mol. The topological polar surface area (TPSA) is 24.5 Å². The van der Waals surface area contributed by atoms with E-state index >= 15 is 0 Å². The summed E-state index contributed by atoms with van der Waals surface area (Å²) in [4.78, 5) is 4.73. The average Bonchev–Trinajstić information content (AvgIpc) is 1.84. The molecule has 8 heavy (non-hydrogen) atoms. The van der Waals surface area contributed by atoms with Crippen LogP contribution in [0.15, 0.2) is 0 Å². The van der Waals surface area contributed by atoms with Crippen molar-refractivity contribution in [3.05, 3.63) is 0 Å². The van der Waals surface area contributed by atoms with E-state index in [1.54, 1.807) is 21.2 Å². The number of nitrogens with zero attached hydrogens (tertiary/aromatic N) is 1. The van der Waals surface area contributed by atoms with Crippen molar-refractivity contribution in [2.45, 2.75) is 0 Å². The largest absolute Gasteiger partial charge is 0.364 e. The Morgan fingerprint density at radius 3 is 2.38 bits per heavy atom. The lowest BCUT2D eigenvalue weighted by molar-refractivity contribution is -0.0419. The Morgan fingerprint density at radius 1 is 1.75 bits per heavy atom. The number of thiocarbonyl (C=S) groups is 1. The second kappa shape index (κ2) is 3.63. The third kappa shape index (κ3) is 2.09. The highest BCUT2D eigenvalue weighted by molar-refractivity contribution is 7.80. The Bertz CT molecular complexity index is 86.1. The Hall–Kier alpha value is -0.350. The highest BCUT2D eigenvalue weighted by Gasteiger charge is 1.95. The van der Waals surface area contributed by atoms with Crippen LogP contribution in [0.1, 0.15) is 0 Å². The van der Waals surface area contributed by atoms with Crippen LogP contribution in [0.3, 0.4) is 0 Å². The van der Waals surface area contributed by atoms with Crippen LogP contribution >= 0.6 is 12.2 Å². The van der Waals surface area contributed by atoms with Gasteiger partial charge in [-0.05, 0) is 12.2 Å². The molecular formula is C4H10N2OS. The van der Waals surface area contributed by atoms with Crippen LogP contribution in [0.2, 0.25) is 0 Å². The van der Waals surface area contributed by atoms with Gasteiger partial charge in [0.1, 0.15) is 0 Å². The van der Waals surface area contributed by atoms with Crippen molar-refractivity contribution in [3.8, 4) is 0 Å². The molecule has 0 bridgehead atoms. The fourth-order valence-electron chi connectivity index (χ4n) is 0.240. The summed E-state index contributed by atoms with van der Waals surface area (Å²) in [5.41, 5.74) is 0. The Kier molecular flexibility index (Phi) is 3.47. The molecule has 0 heterocycles. The van der Waals surface area contributed by atoms with Gasteiger partial charge in [-0.25, -0.2) is 5.06 Å². The van der Waals surface area contributed by atoms with Gasteiger partial charge in [0.05, 0.1) is 7.11 Å². The normalized spacial score (nSPS) is 8.38. The summed E-state index contributed by atoms with van der Waals surface area (Å²) in [5.74, 6) is 0. The van der Waals surface area contributed by atoms with Crippen molar-refractivity contribution in [2.24, 2.45) is 0 Å². The minimum atomic E-state index is 0.576. The van der Waals surface area contributed by atoms with Gasteiger partial charge in [0.25, 0.3) is 0 Å². The molecule has 48 valence electrons. The van der Waals surface area contributed by atoms with E-state index < -0.39 is 0 Å². The van der Waals surface area contributed by atoms with Gasteiger partial charge < -0.3 is 5.32 Å². The maximum atomic E-state index is 4.77. The SMILES string of the molecule is CNC(=S)N(C)OC. The molecule has 0 aliphatic carbocycles. The highest BCUT2D eigenvalue weighted by Crippen LogP contribution is 1.80. The van der Waals surface area contributed by atoms with Crippen LogP contribution in [0.25, 0.3) is 0 Å². The maximum absolute atomic E-state index is 4.77. The molecule has 0 atom stereocenters. The van der Waals surface area contributed by atoms with Gasteiger partial charge >= 0.3 is 0 Å². The Labute approximate surface area is 54.6 Å². The van der Waals surface area contributed by atoms with Crippen molar-refractivity contribution in [3.63, 3.8) is 0 Å². The van der Waals surface area contributed by atoms with Crippen LogP contribution in [0.4, 0.5) is 0 Å². The molecule has 3 nitrogen and oxygen atoms in total. The van der Waals surface area contributed by atoms with Crippen molar-refractivity contribution in [1.29, 1.82) is 0 Å². The van der Waals surface area contributed by atoms with Crippen molar-refractivity contribution in [2.75, 3.05) is 21.2 Å². The van der Waals surface area contributed by atoms with Crippen LogP contribution in [-0.4, -0.2) is 31.4 Å². The maximum Gasteiger partial charge on any atom is 0.192 e. The molecule has 0 spiro atoms. The molecule has 0 fully saturated rings. The second-order valence-electron chi connectivity index (χ2n) is 1.24. The van der Waals surface area contributed by atoms with E-state index in [1.807, 2.05) is 0 Å². The van der Waals surface area contributed by atoms with E-state index in [4.69, 9.17) is 17.1 Å². The van der Waals surface area contributed by atoms with Crippen LogP contribution < -0.4 is 5.32 Å². The van der Waals surface area contributed by atoms with Crippen LogP contribution in [-0.2, 0) is 4.84 Å². The monoisotopic (exact) mass is 134 g/mol. The lowest BCUT2D eigenvalue weighted by Crippen LogP contribution is -2.33. The molecule has 0 amide bonds. The number of rotatable bonds is 1. The molecule has 1 N–H and O–H groups in total. The summed E-state index contributed by atoms with van der Waals surface area (Å²) in [7, 11) is 5.04. The molecular weight excluding hydrogens is 124 g/mol. The third-order valence-electron chi connectivity index (χ3n) is 0.774. The minimum Gasteiger partial charge on any atom is -0.364 e. The first kappa shape index (κ1) is 7.65. The smallest absolute Gasteiger partial charge is 0.192 e. The third-order valence-corrected chi connectivity index (χ3v) is 1.23. The summed E-state index contributed by atoms with van der Waals surface area (Å²) in [5, 5.41) is 4.79. The van der Waals surface area contributed by atoms with Gasteiger partial charge in [-0.2, -0.15) is 0 Å². The van der Waals surface area contributed by atoms with Gasteiger partial charge in [-0.15, -0.1) is 0 Å². The molecule has 0 aromatic rings. The molecule has 0 aliphatic heterocycles. The number of hydrogen-bond donors (Lipinski definition) is 1. The molecule has 0 rings (SSSR count). The molecule has 0 aliphatic rings. The van der Waals surface area contributed by atoms with E-state index in [2.05, 4.69) is 5.32 Å². The summed E-state index contributed by atoms with van der Waals surface area (Å²) in [6.07, 6.45) is 0. The molecule has 0 saturated heterocycles. The Balaban J connectivity index is 3.46. The zero-order chi connectivity index (χ0) is 6.57. The second-order valence-corrected chi connectivity index (χ2v) is 1.62. The van der Waals surface area contributed by atoms with Crippen molar-refractivity contribution in [1.82, 2.24) is 10.4 Å². The van der Waals surface area contributed by atoms with E-state index in [9.17, 15) is 0 Å². The first-order valence-corrected chi connectivity index (χ1v) is 2.62. The highest BCUT2D eigenvalue weighted by atomic mass is 32.1. The standard InChI is InChI=1S/C4H10N2OS/c1-5-4(8)6(2)7-3/h1-3H3,(H,5,8). The predicted octanol–water partition coefficient (Wildman–Crippen LogP) is -0.0161. The van der Waals surface area contributed by atoms with Gasteiger partial charge in [0, 0.05) is 14.1 Å². The van der Waals surface area contributed by atoms with Gasteiger partial charge in [-0.3, -0.25) is 4.84 Å². The lowest BCUT2D eigenvalue weighted by atomic mass is 11.0. The number of hydroxylamine groups is 2. The van der Waals surface area contributed by atoms with Gasteiger partial charge in [0.2, 0.25) is 0 Å². The van der Waals surface area contributed by atoms with Crippen molar-refractivity contribution < 1.29 is 4.84 Å². The van der Waals surface area contributed by atoms with Gasteiger partial charge in [0.15, 0.2) is 5.11 Å². The molecule has 0 radical (unpaired) electrons. The van der Waals surface area contributed by atoms with E-state index in [0.29, 0.717) is 5.11 Å². The van der Waals surface area contributed by atoms with Gasteiger partial charge in [-0.1, -0.05) is 0 Å². The fourth-order valence-corrected chi connectivity index (χ4v) is 0.315. The number of hydrogen-bond acceptors (Lipinski definition) is 2. The quantitative estimate of drug-likeness (QED) is 0.402. The van der Waals surface area contributed by atoms with E-state index in [0.717, 1.165) is 0 Å². The lowest BCUT2D eigenvalue weighted by Gasteiger charge is -2.14. The average molecular weight is 134 g/mol. The zero-order valence-electron chi connectivity index (χ0n) is 5.26. The summed E-state index contributed by atoms with van der Waals surface area (Å²) in [6, 6.07) is 0. The van der Waals surface area contributed by atoms with Crippen LogP contribution in [0.5, 0.6) is 0 Å². The number of nitrogens with one attached hydrogen (secondary N) is 1. The summed E-state index contributed by atoms with van der Waals surface area (Å²) < 4.78 is 0.